The minimum atomic E-state index is -0.731. The number of carbonyl (C=O) groups is 3. The van der Waals surface area contributed by atoms with Crippen LogP contribution in [0, 0.1) is 0 Å². The molecule has 0 aromatic heterocycles. The Balaban J connectivity index is 1.37. The standard InChI is InChI=1S/C22H24N2O6/c1-14(2)15-7-9-16(10-8-15)21(26)29-13-20(25)24-22(27)23-11-17-12-28-18-5-3-4-6-19(18)30-17/h3-10,14,17H,11-13H2,1-2H3,(H2,23,24,25,27). The first kappa shape index (κ1) is 21.2. The number of benzene rings is 2. The van der Waals surface area contributed by atoms with E-state index in [0.29, 0.717) is 23.0 Å². The molecule has 0 radical (unpaired) electrons. The number of para-hydroxylation sites is 2. The predicted octanol–water partition coefficient (Wildman–Crippen LogP) is 2.63. The number of ether oxygens (including phenoxy) is 3. The van der Waals surface area contributed by atoms with E-state index in [1.165, 1.54) is 0 Å². The molecular weight excluding hydrogens is 388 g/mol. The number of esters is 1. The summed E-state index contributed by atoms with van der Waals surface area (Å²) in [6.07, 6.45) is -0.382. The summed E-state index contributed by atoms with van der Waals surface area (Å²) < 4.78 is 16.2. The largest absolute Gasteiger partial charge is 0.486 e. The number of rotatable bonds is 6. The fourth-order valence-electron chi connectivity index (χ4n) is 2.80. The number of urea groups is 1. The molecule has 0 bridgehead atoms. The summed E-state index contributed by atoms with van der Waals surface area (Å²) in [5.74, 6) is 0.229. The van der Waals surface area contributed by atoms with E-state index in [0.717, 1.165) is 5.56 Å². The summed E-state index contributed by atoms with van der Waals surface area (Å²) in [6.45, 7) is 3.96. The molecule has 0 fully saturated rings. The summed E-state index contributed by atoms with van der Waals surface area (Å²) in [7, 11) is 0. The van der Waals surface area contributed by atoms with Crippen molar-refractivity contribution in [2.45, 2.75) is 25.9 Å². The second-order valence-electron chi connectivity index (χ2n) is 7.11. The lowest BCUT2D eigenvalue weighted by Gasteiger charge is -2.26. The van der Waals surface area contributed by atoms with Crippen molar-refractivity contribution >= 4 is 17.9 Å². The van der Waals surface area contributed by atoms with Gasteiger partial charge in [-0.1, -0.05) is 38.1 Å². The van der Waals surface area contributed by atoms with Crippen molar-refractivity contribution in [1.82, 2.24) is 10.6 Å². The van der Waals surface area contributed by atoms with Gasteiger partial charge in [-0.05, 0) is 35.7 Å². The monoisotopic (exact) mass is 412 g/mol. The van der Waals surface area contributed by atoms with Gasteiger partial charge >= 0.3 is 12.0 Å². The smallest absolute Gasteiger partial charge is 0.338 e. The van der Waals surface area contributed by atoms with Gasteiger partial charge in [-0.15, -0.1) is 0 Å². The normalized spacial score (nSPS) is 14.7. The molecule has 1 aliphatic heterocycles. The van der Waals surface area contributed by atoms with Crippen LogP contribution in [-0.4, -0.2) is 43.8 Å². The van der Waals surface area contributed by atoms with Gasteiger partial charge in [0.25, 0.3) is 5.91 Å². The van der Waals surface area contributed by atoms with Crippen LogP contribution in [-0.2, 0) is 9.53 Å². The van der Waals surface area contributed by atoms with E-state index >= 15 is 0 Å². The van der Waals surface area contributed by atoms with E-state index in [1.54, 1.807) is 24.3 Å². The van der Waals surface area contributed by atoms with Crippen molar-refractivity contribution in [3.63, 3.8) is 0 Å². The molecule has 8 heteroatoms. The molecule has 8 nitrogen and oxygen atoms in total. The van der Waals surface area contributed by atoms with E-state index in [4.69, 9.17) is 14.2 Å². The minimum Gasteiger partial charge on any atom is -0.486 e. The number of carbonyl (C=O) groups excluding carboxylic acids is 3. The molecule has 30 heavy (non-hydrogen) atoms. The first-order valence-electron chi connectivity index (χ1n) is 9.65. The van der Waals surface area contributed by atoms with E-state index in [-0.39, 0.29) is 19.3 Å². The molecule has 1 aliphatic rings. The quantitative estimate of drug-likeness (QED) is 0.707. The molecule has 0 saturated heterocycles. The number of amides is 3. The topological polar surface area (TPSA) is 103 Å². The van der Waals surface area contributed by atoms with Crippen molar-refractivity contribution < 1.29 is 28.6 Å². The highest BCUT2D eigenvalue weighted by Gasteiger charge is 2.21. The van der Waals surface area contributed by atoms with Gasteiger partial charge in [0.15, 0.2) is 24.2 Å². The van der Waals surface area contributed by atoms with Gasteiger partial charge in [0, 0.05) is 0 Å². The van der Waals surface area contributed by atoms with Crippen molar-refractivity contribution in [2.24, 2.45) is 0 Å². The van der Waals surface area contributed by atoms with Gasteiger partial charge in [-0.3, -0.25) is 10.1 Å². The molecule has 3 rings (SSSR count). The molecule has 2 aromatic carbocycles. The maximum atomic E-state index is 12.0. The molecule has 2 aromatic rings. The highest BCUT2D eigenvalue weighted by molar-refractivity contribution is 5.97. The highest BCUT2D eigenvalue weighted by atomic mass is 16.6. The maximum Gasteiger partial charge on any atom is 0.338 e. The maximum absolute atomic E-state index is 12.0. The van der Waals surface area contributed by atoms with Gasteiger partial charge in [0.05, 0.1) is 12.1 Å². The Morgan fingerprint density at radius 1 is 1.07 bits per heavy atom. The molecule has 1 heterocycles. The molecule has 3 amide bonds. The molecule has 1 unspecified atom stereocenters. The van der Waals surface area contributed by atoms with Crippen LogP contribution in [0.5, 0.6) is 11.5 Å². The third-order valence-electron chi connectivity index (χ3n) is 4.46. The average Bonchev–Trinajstić information content (AvgIpc) is 2.76. The minimum absolute atomic E-state index is 0.148. The predicted molar refractivity (Wildman–Crippen MR) is 109 cm³/mol. The lowest BCUT2D eigenvalue weighted by atomic mass is 10.0. The Morgan fingerprint density at radius 2 is 1.77 bits per heavy atom. The van der Waals surface area contributed by atoms with Crippen molar-refractivity contribution in [2.75, 3.05) is 19.8 Å². The number of imide groups is 1. The molecule has 0 spiro atoms. The zero-order valence-electron chi connectivity index (χ0n) is 16.8. The van der Waals surface area contributed by atoms with Crippen LogP contribution < -0.4 is 20.1 Å². The third-order valence-corrected chi connectivity index (χ3v) is 4.46. The zero-order valence-corrected chi connectivity index (χ0v) is 16.8. The fraction of sp³-hybridized carbons (Fsp3) is 0.318. The number of fused-ring (bicyclic) bond motifs is 1. The molecule has 2 N–H and O–H groups in total. The Labute approximate surface area is 174 Å². The van der Waals surface area contributed by atoms with Crippen LogP contribution in [0.4, 0.5) is 4.79 Å². The van der Waals surface area contributed by atoms with Crippen LogP contribution in [0.15, 0.2) is 48.5 Å². The van der Waals surface area contributed by atoms with Crippen molar-refractivity contribution in [3.05, 3.63) is 59.7 Å². The van der Waals surface area contributed by atoms with Crippen molar-refractivity contribution in [3.8, 4) is 11.5 Å². The van der Waals surface area contributed by atoms with Gasteiger partial charge in [-0.25, -0.2) is 9.59 Å². The summed E-state index contributed by atoms with van der Waals surface area (Å²) in [5, 5.41) is 4.64. The third kappa shape index (κ3) is 5.73. The summed E-state index contributed by atoms with van der Waals surface area (Å²) in [6, 6.07) is 13.5. The Hall–Kier alpha value is -3.55. The molecule has 158 valence electrons. The summed E-state index contributed by atoms with van der Waals surface area (Å²) in [5.41, 5.74) is 1.43. The number of hydrogen-bond donors (Lipinski definition) is 2. The first-order valence-corrected chi connectivity index (χ1v) is 9.65. The fourth-order valence-corrected chi connectivity index (χ4v) is 2.80. The second kappa shape index (κ2) is 9.78. The average molecular weight is 412 g/mol. The molecule has 0 saturated carbocycles. The van der Waals surface area contributed by atoms with E-state index in [2.05, 4.69) is 24.5 Å². The SMILES string of the molecule is CC(C)c1ccc(C(=O)OCC(=O)NC(=O)NCC2COc3ccccc3O2)cc1. The summed E-state index contributed by atoms with van der Waals surface area (Å²) in [4.78, 5) is 35.7. The van der Waals surface area contributed by atoms with Crippen LogP contribution in [0.2, 0.25) is 0 Å². The van der Waals surface area contributed by atoms with E-state index in [9.17, 15) is 14.4 Å². The van der Waals surface area contributed by atoms with Gasteiger partial charge in [0.1, 0.15) is 6.61 Å². The Kier molecular flexibility index (Phi) is 6.90. The van der Waals surface area contributed by atoms with Crippen LogP contribution >= 0.6 is 0 Å². The molecular formula is C22H24N2O6. The van der Waals surface area contributed by atoms with Crippen LogP contribution in [0.1, 0.15) is 35.7 Å². The number of nitrogens with one attached hydrogen (secondary N) is 2. The zero-order chi connectivity index (χ0) is 21.5. The van der Waals surface area contributed by atoms with E-state index < -0.39 is 24.5 Å². The summed E-state index contributed by atoms with van der Waals surface area (Å²) >= 11 is 0. The Bertz CT molecular complexity index is 910. The van der Waals surface area contributed by atoms with Crippen molar-refractivity contribution in [1.29, 1.82) is 0 Å². The van der Waals surface area contributed by atoms with Crippen LogP contribution in [0.25, 0.3) is 0 Å². The van der Waals surface area contributed by atoms with Gasteiger partial charge in [0.2, 0.25) is 0 Å². The number of hydrogen-bond acceptors (Lipinski definition) is 6. The molecule has 1 atom stereocenters. The lowest BCUT2D eigenvalue weighted by molar-refractivity contribution is -0.123. The highest BCUT2D eigenvalue weighted by Crippen LogP contribution is 2.30. The second-order valence-corrected chi connectivity index (χ2v) is 7.11. The van der Waals surface area contributed by atoms with E-state index in [1.807, 2.05) is 24.3 Å². The molecule has 0 aliphatic carbocycles. The van der Waals surface area contributed by atoms with Gasteiger partial charge < -0.3 is 19.5 Å². The van der Waals surface area contributed by atoms with Gasteiger partial charge in [-0.2, -0.15) is 0 Å². The van der Waals surface area contributed by atoms with Crippen LogP contribution in [0.3, 0.4) is 0 Å². The first-order chi connectivity index (χ1) is 14.4. The lowest BCUT2D eigenvalue weighted by Crippen LogP contribution is -2.46. The Morgan fingerprint density at radius 3 is 2.47 bits per heavy atom.